The molecule has 11 nitrogen and oxygen atoms in total. The molecule has 0 atom stereocenters. The first-order chi connectivity index (χ1) is 22.5. The lowest BCUT2D eigenvalue weighted by atomic mass is 10.3. The summed E-state index contributed by atoms with van der Waals surface area (Å²) in [5.41, 5.74) is 2.34. The lowest BCUT2D eigenvalue weighted by molar-refractivity contribution is -0.138. The van der Waals surface area contributed by atoms with Crippen LogP contribution in [0.15, 0.2) is 46.5 Å². The number of anilines is 2. The zero-order chi connectivity index (χ0) is 37.4. The third-order valence-electron chi connectivity index (χ3n) is 4.96. The molecule has 0 spiro atoms. The highest BCUT2D eigenvalue weighted by Crippen LogP contribution is 2.33. The lowest BCUT2D eigenvalue weighted by Crippen LogP contribution is -2.26. The van der Waals surface area contributed by atoms with Crippen LogP contribution in [0.25, 0.3) is 0 Å². The maximum Gasteiger partial charge on any atom is 0.443 e. The minimum Gasteiger partial charge on any atom is -0.477 e. The summed E-state index contributed by atoms with van der Waals surface area (Å²) in [5, 5.41) is 7.90. The Kier molecular flexibility index (Phi) is 13.5. The summed E-state index contributed by atoms with van der Waals surface area (Å²) < 4.78 is 148. The number of nitrogens with zero attached hydrogens (tertiary/aromatic N) is 4. The molecule has 0 fully saturated rings. The maximum atomic E-state index is 13.4. The second kappa shape index (κ2) is 16.4. The van der Waals surface area contributed by atoms with E-state index in [4.69, 9.17) is 10.8 Å². The number of nitrogens with two attached hydrogens (primary N) is 1. The number of nitrogens with one attached hydrogen (secondary N) is 1. The van der Waals surface area contributed by atoms with Crippen LogP contribution >= 0.6 is 22.7 Å². The van der Waals surface area contributed by atoms with Gasteiger partial charge in [-0.3, -0.25) is 14.4 Å². The summed E-state index contributed by atoms with van der Waals surface area (Å²) >= 11 is 0.171. The Bertz CT molecular complexity index is 1890. The summed E-state index contributed by atoms with van der Waals surface area (Å²) in [6, 6.07) is 1.37. The van der Waals surface area contributed by atoms with Gasteiger partial charge < -0.3 is 25.3 Å². The van der Waals surface area contributed by atoms with E-state index in [1.165, 1.54) is 0 Å². The molecule has 4 N–H and O–H groups in total. The fourth-order valence-corrected chi connectivity index (χ4v) is 4.36. The number of amides is 1. The first-order valence-electron chi connectivity index (χ1n) is 12.2. The zero-order valence-electron chi connectivity index (χ0n) is 23.3. The number of aromatic carboxylic acids is 1. The van der Waals surface area contributed by atoms with E-state index in [1.54, 1.807) is 0 Å². The van der Waals surface area contributed by atoms with E-state index in [9.17, 15) is 71.9 Å². The SMILES string of the molecule is Nc1cc(F)c(=O)n(CC(F)F)c1.O=C(Nc1cc(F)c(=O)n(CC(F)F)c1)c1cnc(C(F)(F)F)s1.O=C(O)c1cnc(C(F)(F)F)s1. The number of rotatable bonds is 7. The molecule has 1 amide bonds. The van der Waals surface area contributed by atoms with Gasteiger partial charge in [-0.1, -0.05) is 0 Å². The van der Waals surface area contributed by atoms with Crippen molar-refractivity contribution in [1.29, 1.82) is 0 Å². The van der Waals surface area contributed by atoms with Gasteiger partial charge in [0.25, 0.3) is 29.9 Å². The van der Waals surface area contributed by atoms with Gasteiger partial charge in [0.2, 0.25) is 0 Å². The standard InChI is InChI=1S/C12H7F6N3O2S.C7H7F3N2O.C5H2F3NO2S/c13-6-1-5(3-21(10(6)23)4-8(14)15)20-9(22)7-2-19-11(24-7)12(16,17)18;8-5-1-4(11)2-12(7(5)13)3-6(9)10;6-5(7,8)4-9-1-2(12-4)3(10)11/h1-3,8H,4H2,(H,20,22);1-2,6H,3,11H2;1H,(H,10,11). The van der Waals surface area contributed by atoms with Crippen molar-refractivity contribution in [2.45, 2.75) is 38.3 Å². The number of aromatic nitrogens is 4. The number of carbonyl (C=O) groups is 2. The molecule has 0 aliphatic rings. The van der Waals surface area contributed by atoms with Crippen molar-refractivity contribution < 1.29 is 67.4 Å². The summed E-state index contributed by atoms with van der Waals surface area (Å²) in [6.45, 7) is -1.95. The third-order valence-corrected chi connectivity index (χ3v) is 7.04. The Morgan fingerprint density at radius 1 is 0.796 bits per heavy atom. The molecule has 0 aliphatic heterocycles. The monoisotopic (exact) mass is 760 g/mol. The molecule has 49 heavy (non-hydrogen) atoms. The molecule has 268 valence electrons. The molecule has 0 unspecified atom stereocenters. The molecule has 0 saturated heterocycles. The molecule has 4 rings (SSSR count). The molecule has 25 heteroatoms. The molecule has 0 radical (unpaired) electrons. The van der Waals surface area contributed by atoms with E-state index in [1.807, 2.05) is 5.32 Å². The molecule has 4 aromatic heterocycles. The van der Waals surface area contributed by atoms with Crippen LogP contribution in [0.1, 0.15) is 29.4 Å². The number of carboxylic acids is 1. The topological polar surface area (TPSA) is 162 Å². The molecular formula is C24H16F12N6O5S2. The second-order valence-corrected chi connectivity index (χ2v) is 10.8. The summed E-state index contributed by atoms with van der Waals surface area (Å²) in [5.74, 6) is -4.97. The molecular weight excluding hydrogens is 744 g/mol. The lowest BCUT2D eigenvalue weighted by Gasteiger charge is -2.09. The largest absolute Gasteiger partial charge is 0.477 e. The predicted molar refractivity (Wildman–Crippen MR) is 147 cm³/mol. The van der Waals surface area contributed by atoms with E-state index in [2.05, 4.69) is 9.97 Å². The number of thiazole rings is 2. The van der Waals surface area contributed by atoms with Gasteiger partial charge in [0.1, 0.15) is 9.75 Å². The minimum absolute atomic E-state index is 0.0576. The normalized spacial score (nSPS) is 11.5. The van der Waals surface area contributed by atoms with E-state index < -0.39 is 92.7 Å². The number of carbonyl (C=O) groups excluding carboxylic acids is 1. The molecule has 0 aliphatic carbocycles. The second-order valence-electron chi connectivity index (χ2n) is 8.71. The van der Waals surface area contributed by atoms with Crippen molar-refractivity contribution in [2.75, 3.05) is 11.1 Å². The van der Waals surface area contributed by atoms with Crippen molar-refractivity contribution in [3.8, 4) is 0 Å². The van der Waals surface area contributed by atoms with Gasteiger partial charge in [0, 0.05) is 24.5 Å². The van der Waals surface area contributed by atoms with Crippen LogP contribution in [0.5, 0.6) is 0 Å². The van der Waals surface area contributed by atoms with Crippen molar-refractivity contribution in [3.05, 3.63) is 89.0 Å². The first-order valence-corrected chi connectivity index (χ1v) is 13.8. The van der Waals surface area contributed by atoms with Gasteiger partial charge in [0.15, 0.2) is 21.6 Å². The zero-order valence-corrected chi connectivity index (χ0v) is 25.0. The first kappa shape index (κ1) is 40.2. The molecule has 4 aromatic rings. The van der Waals surface area contributed by atoms with Crippen LogP contribution in [0, 0.1) is 11.6 Å². The molecule has 4 heterocycles. The van der Waals surface area contributed by atoms with Crippen molar-refractivity contribution >= 4 is 45.9 Å². The Hall–Kier alpha value is -4.94. The Labute approximate surface area is 270 Å². The van der Waals surface area contributed by atoms with Crippen LogP contribution in [-0.2, 0) is 25.4 Å². The number of alkyl halides is 10. The van der Waals surface area contributed by atoms with Gasteiger partial charge in [-0.25, -0.2) is 41.1 Å². The van der Waals surface area contributed by atoms with Crippen LogP contribution < -0.4 is 22.2 Å². The van der Waals surface area contributed by atoms with Gasteiger partial charge >= 0.3 is 18.3 Å². The van der Waals surface area contributed by atoms with Crippen molar-refractivity contribution in [2.24, 2.45) is 0 Å². The molecule has 0 bridgehead atoms. The highest BCUT2D eigenvalue weighted by atomic mass is 32.1. The van der Waals surface area contributed by atoms with Gasteiger partial charge in [-0.2, -0.15) is 26.3 Å². The van der Waals surface area contributed by atoms with Gasteiger partial charge in [-0.15, -0.1) is 22.7 Å². The van der Waals surface area contributed by atoms with Crippen molar-refractivity contribution in [1.82, 2.24) is 19.1 Å². The Morgan fingerprint density at radius 2 is 1.22 bits per heavy atom. The average molecular weight is 761 g/mol. The van der Waals surface area contributed by atoms with E-state index in [0.717, 1.165) is 18.5 Å². The highest BCUT2D eigenvalue weighted by molar-refractivity contribution is 7.14. The summed E-state index contributed by atoms with van der Waals surface area (Å²) in [6.07, 6.45) is -11.8. The van der Waals surface area contributed by atoms with E-state index in [-0.39, 0.29) is 34.0 Å². The number of pyridine rings is 2. The van der Waals surface area contributed by atoms with Crippen LogP contribution in [-0.4, -0.2) is 48.9 Å². The van der Waals surface area contributed by atoms with Crippen LogP contribution in [0.4, 0.5) is 64.1 Å². The number of nitrogen functional groups attached to an aromatic ring is 1. The van der Waals surface area contributed by atoms with Crippen molar-refractivity contribution in [3.63, 3.8) is 0 Å². The smallest absolute Gasteiger partial charge is 0.443 e. The Balaban J connectivity index is 0.000000281. The van der Waals surface area contributed by atoms with Crippen LogP contribution in [0.2, 0.25) is 0 Å². The molecule has 0 saturated carbocycles. The number of carboxylic acid groups (broad SMARTS) is 1. The van der Waals surface area contributed by atoms with Gasteiger partial charge in [0.05, 0.1) is 36.9 Å². The number of hydrogen-bond donors (Lipinski definition) is 3. The minimum atomic E-state index is -4.72. The fraction of sp³-hybridized carbons (Fsp3) is 0.250. The van der Waals surface area contributed by atoms with Gasteiger partial charge in [-0.05, 0) is 0 Å². The average Bonchev–Trinajstić information content (AvgIpc) is 3.66. The van der Waals surface area contributed by atoms with E-state index in [0.29, 0.717) is 27.6 Å². The summed E-state index contributed by atoms with van der Waals surface area (Å²) in [7, 11) is 0. The van der Waals surface area contributed by atoms with E-state index >= 15 is 0 Å². The predicted octanol–water partition coefficient (Wildman–Crippen LogP) is 5.67. The summed E-state index contributed by atoms with van der Waals surface area (Å²) in [4.78, 5) is 49.3. The maximum absolute atomic E-state index is 13.4. The number of hydrogen-bond acceptors (Lipinski definition) is 9. The highest BCUT2D eigenvalue weighted by Gasteiger charge is 2.36. The number of halogens is 12. The molecule has 0 aromatic carbocycles. The Morgan fingerprint density at radius 3 is 1.63 bits per heavy atom. The fourth-order valence-electron chi connectivity index (χ4n) is 3.06. The van der Waals surface area contributed by atoms with Crippen LogP contribution in [0.3, 0.4) is 0 Å². The quantitative estimate of drug-likeness (QED) is 0.203. The third kappa shape index (κ3) is 12.2.